The number of nitrogens with two attached hydrogens (primary N) is 1. The Morgan fingerprint density at radius 1 is 1.37 bits per heavy atom. The zero-order valence-corrected chi connectivity index (χ0v) is 12.4. The van der Waals surface area contributed by atoms with Gasteiger partial charge in [0.1, 0.15) is 6.10 Å². The summed E-state index contributed by atoms with van der Waals surface area (Å²) in [6.45, 7) is 6.76. The van der Waals surface area contributed by atoms with Crippen molar-refractivity contribution in [1.29, 1.82) is 0 Å². The molecule has 0 radical (unpaired) electrons. The fraction of sp³-hybridized carbons (Fsp3) is 0.667. The number of hydrogen-bond donors (Lipinski definition) is 1. The lowest BCUT2D eigenvalue weighted by Crippen LogP contribution is -2.32. The monoisotopic (exact) mass is 266 g/mol. The van der Waals surface area contributed by atoms with Crippen molar-refractivity contribution in [3.63, 3.8) is 0 Å². The van der Waals surface area contributed by atoms with Gasteiger partial charge in [-0.2, -0.15) is 0 Å². The van der Waals surface area contributed by atoms with Gasteiger partial charge in [-0.05, 0) is 38.8 Å². The van der Waals surface area contributed by atoms with Gasteiger partial charge >= 0.3 is 0 Å². The van der Waals surface area contributed by atoms with Crippen molar-refractivity contribution in [1.82, 2.24) is 4.98 Å². The average molecular weight is 266 g/mol. The van der Waals surface area contributed by atoms with E-state index in [2.05, 4.69) is 11.9 Å². The zero-order chi connectivity index (χ0) is 14.3. The third-order valence-electron chi connectivity index (χ3n) is 3.39. The lowest BCUT2D eigenvalue weighted by molar-refractivity contribution is -0.0342. The molecule has 4 heteroatoms. The molecule has 1 aromatic rings. The van der Waals surface area contributed by atoms with Crippen LogP contribution in [0, 0.1) is 0 Å². The smallest absolute Gasteiger partial charge is 0.114 e. The molecule has 1 rings (SSSR count). The van der Waals surface area contributed by atoms with Gasteiger partial charge in [0.25, 0.3) is 0 Å². The Morgan fingerprint density at radius 3 is 2.63 bits per heavy atom. The molecule has 19 heavy (non-hydrogen) atoms. The fourth-order valence-electron chi connectivity index (χ4n) is 1.72. The van der Waals surface area contributed by atoms with Crippen LogP contribution in [0.2, 0.25) is 0 Å². The van der Waals surface area contributed by atoms with Crippen LogP contribution < -0.4 is 5.73 Å². The number of ether oxygens (including phenoxy) is 2. The second-order valence-corrected chi connectivity index (χ2v) is 5.33. The molecule has 4 nitrogen and oxygen atoms in total. The van der Waals surface area contributed by atoms with Gasteiger partial charge in [0, 0.05) is 19.3 Å². The highest BCUT2D eigenvalue weighted by Gasteiger charge is 2.22. The third kappa shape index (κ3) is 5.27. The first kappa shape index (κ1) is 16.1. The number of methoxy groups -OCH3 is 1. The SMILES string of the molecule is CCC(N)C(OCCC(C)(C)OC)c1ccccn1. The Kier molecular flexibility index (Phi) is 6.42. The standard InChI is InChI=1S/C15H26N2O2/c1-5-12(16)14(13-8-6-7-10-17-13)19-11-9-15(2,3)18-4/h6-8,10,12,14H,5,9,11,16H2,1-4H3. The summed E-state index contributed by atoms with van der Waals surface area (Å²) in [7, 11) is 1.72. The molecule has 2 unspecified atom stereocenters. The van der Waals surface area contributed by atoms with Gasteiger partial charge in [-0.3, -0.25) is 4.98 Å². The number of rotatable bonds is 8. The van der Waals surface area contributed by atoms with E-state index in [1.165, 1.54) is 0 Å². The van der Waals surface area contributed by atoms with Crippen molar-refractivity contribution in [3.05, 3.63) is 30.1 Å². The first-order valence-electron chi connectivity index (χ1n) is 6.83. The maximum Gasteiger partial charge on any atom is 0.114 e. The summed E-state index contributed by atoms with van der Waals surface area (Å²) in [6.07, 6.45) is 3.30. The van der Waals surface area contributed by atoms with Crippen LogP contribution in [0.25, 0.3) is 0 Å². The Bertz CT molecular complexity index is 354. The van der Waals surface area contributed by atoms with Crippen LogP contribution in [0.1, 0.15) is 45.4 Å². The van der Waals surface area contributed by atoms with E-state index in [-0.39, 0.29) is 17.7 Å². The summed E-state index contributed by atoms with van der Waals surface area (Å²) >= 11 is 0. The van der Waals surface area contributed by atoms with Gasteiger partial charge in [-0.25, -0.2) is 0 Å². The minimum Gasteiger partial charge on any atom is -0.379 e. The normalized spacial score (nSPS) is 15.2. The second kappa shape index (κ2) is 7.58. The van der Waals surface area contributed by atoms with E-state index >= 15 is 0 Å². The van der Waals surface area contributed by atoms with Crippen molar-refractivity contribution < 1.29 is 9.47 Å². The predicted octanol–water partition coefficient (Wildman–Crippen LogP) is 2.69. The van der Waals surface area contributed by atoms with Crippen LogP contribution in [0.15, 0.2) is 24.4 Å². The molecular formula is C15H26N2O2. The van der Waals surface area contributed by atoms with E-state index in [1.54, 1.807) is 13.3 Å². The molecule has 0 saturated carbocycles. The molecule has 0 bridgehead atoms. The molecule has 0 saturated heterocycles. The maximum atomic E-state index is 6.14. The summed E-state index contributed by atoms with van der Waals surface area (Å²) in [5.41, 5.74) is 6.86. The summed E-state index contributed by atoms with van der Waals surface area (Å²) < 4.78 is 11.3. The minimum atomic E-state index is -0.176. The van der Waals surface area contributed by atoms with Crippen LogP contribution >= 0.6 is 0 Å². The third-order valence-corrected chi connectivity index (χ3v) is 3.39. The highest BCUT2D eigenvalue weighted by atomic mass is 16.5. The Labute approximate surface area is 116 Å². The molecule has 0 aliphatic rings. The van der Waals surface area contributed by atoms with Crippen LogP contribution in [-0.4, -0.2) is 30.3 Å². The number of aromatic nitrogens is 1. The minimum absolute atomic E-state index is 0.0412. The molecule has 0 amide bonds. The number of nitrogens with zero attached hydrogens (tertiary/aromatic N) is 1. The highest BCUT2D eigenvalue weighted by Crippen LogP contribution is 2.22. The summed E-state index contributed by atoms with van der Waals surface area (Å²) in [5, 5.41) is 0. The van der Waals surface area contributed by atoms with E-state index in [9.17, 15) is 0 Å². The maximum absolute atomic E-state index is 6.14. The van der Waals surface area contributed by atoms with Crippen molar-refractivity contribution in [2.45, 2.75) is 51.4 Å². The van der Waals surface area contributed by atoms with E-state index in [4.69, 9.17) is 15.2 Å². The topological polar surface area (TPSA) is 57.4 Å². The predicted molar refractivity (Wildman–Crippen MR) is 76.9 cm³/mol. The van der Waals surface area contributed by atoms with Gasteiger partial charge in [0.2, 0.25) is 0 Å². The summed E-state index contributed by atoms with van der Waals surface area (Å²) in [5.74, 6) is 0. The number of hydrogen-bond acceptors (Lipinski definition) is 4. The van der Waals surface area contributed by atoms with Crippen molar-refractivity contribution in [2.75, 3.05) is 13.7 Å². The van der Waals surface area contributed by atoms with E-state index in [1.807, 2.05) is 32.0 Å². The Morgan fingerprint density at radius 2 is 2.11 bits per heavy atom. The van der Waals surface area contributed by atoms with Crippen LogP contribution in [0.3, 0.4) is 0 Å². The first-order valence-corrected chi connectivity index (χ1v) is 6.83. The van der Waals surface area contributed by atoms with Gasteiger partial charge in [-0.1, -0.05) is 13.0 Å². The lowest BCUT2D eigenvalue weighted by atomic mass is 10.0. The van der Waals surface area contributed by atoms with Crippen molar-refractivity contribution in [3.8, 4) is 0 Å². The quantitative estimate of drug-likeness (QED) is 0.786. The zero-order valence-electron chi connectivity index (χ0n) is 12.4. The van der Waals surface area contributed by atoms with Crippen LogP contribution in [0.4, 0.5) is 0 Å². The molecular weight excluding hydrogens is 240 g/mol. The lowest BCUT2D eigenvalue weighted by Gasteiger charge is -2.26. The molecule has 0 fully saturated rings. The van der Waals surface area contributed by atoms with Gasteiger partial charge < -0.3 is 15.2 Å². The Hall–Kier alpha value is -0.970. The van der Waals surface area contributed by atoms with Crippen LogP contribution in [-0.2, 0) is 9.47 Å². The summed E-state index contributed by atoms with van der Waals surface area (Å²) in [4.78, 5) is 4.35. The van der Waals surface area contributed by atoms with Gasteiger partial charge in [0.15, 0.2) is 0 Å². The molecule has 1 heterocycles. The Balaban J connectivity index is 2.62. The molecule has 2 atom stereocenters. The molecule has 0 aliphatic heterocycles. The van der Waals surface area contributed by atoms with Crippen molar-refractivity contribution in [2.24, 2.45) is 5.73 Å². The molecule has 1 aromatic heterocycles. The van der Waals surface area contributed by atoms with E-state index in [0.29, 0.717) is 6.61 Å². The molecule has 0 aliphatic carbocycles. The highest BCUT2D eigenvalue weighted by molar-refractivity contribution is 5.09. The van der Waals surface area contributed by atoms with E-state index in [0.717, 1.165) is 18.5 Å². The molecule has 108 valence electrons. The number of pyridine rings is 1. The van der Waals surface area contributed by atoms with E-state index < -0.39 is 0 Å². The first-order chi connectivity index (χ1) is 9.00. The summed E-state index contributed by atoms with van der Waals surface area (Å²) in [6, 6.07) is 5.77. The van der Waals surface area contributed by atoms with Crippen molar-refractivity contribution >= 4 is 0 Å². The van der Waals surface area contributed by atoms with Gasteiger partial charge in [-0.15, -0.1) is 0 Å². The van der Waals surface area contributed by atoms with Crippen LogP contribution in [0.5, 0.6) is 0 Å². The average Bonchev–Trinajstić information content (AvgIpc) is 2.44. The fourth-order valence-corrected chi connectivity index (χ4v) is 1.72. The second-order valence-electron chi connectivity index (χ2n) is 5.33. The molecule has 2 N–H and O–H groups in total. The van der Waals surface area contributed by atoms with Gasteiger partial charge in [0.05, 0.1) is 17.9 Å². The largest absolute Gasteiger partial charge is 0.379 e. The molecule has 0 aromatic carbocycles. The molecule has 0 spiro atoms.